The van der Waals surface area contributed by atoms with Gasteiger partial charge < -0.3 is 10.2 Å². The van der Waals surface area contributed by atoms with Crippen molar-refractivity contribution < 1.29 is 18.0 Å². The molecule has 0 fully saturated rings. The van der Waals surface area contributed by atoms with Crippen molar-refractivity contribution in [2.75, 3.05) is 29.6 Å². The topological polar surface area (TPSA) is 57.3 Å². The van der Waals surface area contributed by atoms with E-state index in [1.807, 2.05) is 0 Å². The fourth-order valence-corrected chi connectivity index (χ4v) is 2.90. The maximum Gasteiger partial charge on any atom is 0.418 e. The van der Waals surface area contributed by atoms with Crippen molar-refractivity contribution >= 4 is 49.8 Å². The lowest BCUT2D eigenvalue weighted by Crippen LogP contribution is -2.21. The smallest absolute Gasteiger partial charge is 0.377 e. The van der Waals surface area contributed by atoms with Crippen LogP contribution in [0.3, 0.4) is 0 Å². The Morgan fingerprint density at radius 1 is 1.30 bits per heavy atom. The largest absolute Gasteiger partial charge is 0.418 e. The van der Waals surface area contributed by atoms with Crippen LogP contribution < -0.4 is 15.5 Å². The van der Waals surface area contributed by atoms with E-state index in [0.29, 0.717) is 5.13 Å². The summed E-state index contributed by atoms with van der Waals surface area (Å²) in [7, 11) is 3.04. The Bertz CT molecular complexity index is 717. The number of urea groups is 1. The number of rotatable bonds is 3. The van der Waals surface area contributed by atoms with E-state index in [1.54, 1.807) is 0 Å². The van der Waals surface area contributed by atoms with Crippen LogP contribution in [0.4, 0.5) is 34.5 Å². The van der Waals surface area contributed by atoms with E-state index < -0.39 is 17.8 Å². The van der Waals surface area contributed by atoms with Crippen LogP contribution in [0.15, 0.2) is 28.2 Å². The maximum atomic E-state index is 13.1. The van der Waals surface area contributed by atoms with E-state index in [4.69, 9.17) is 0 Å². The van der Waals surface area contributed by atoms with Crippen molar-refractivity contribution in [1.29, 1.82) is 0 Å². The van der Waals surface area contributed by atoms with Gasteiger partial charge >= 0.3 is 12.2 Å². The van der Waals surface area contributed by atoms with E-state index in [1.165, 1.54) is 48.7 Å². The molecular weight excluding hydrogens is 397 g/mol. The predicted octanol–water partition coefficient (Wildman–Crippen LogP) is 4.63. The average Bonchev–Trinajstić information content (AvgIpc) is 2.82. The highest BCUT2D eigenvalue weighted by Gasteiger charge is 2.34. The molecule has 23 heavy (non-hydrogen) atoms. The number of carbonyl (C=O) groups excluding carboxylic acids is 1. The molecule has 10 heteroatoms. The monoisotopic (exact) mass is 408 g/mol. The highest BCUT2D eigenvalue weighted by Crippen LogP contribution is 2.37. The van der Waals surface area contributed by atoms with E-state index in [9.17, 15) is 18.0 Å². The van der Waals surface area contributed by atoms with Gasteiger partial charge in [-0.25, -0.2) is 9.78 Å². The SMILES string of the molecule is CN(C)c1ccc(NC(=O)Nc2ncc(Br)s2)cc1C(F)(F)F. The highest BCUT2D eigenvalue weighted by atomic mass is 79.9. The predicted molar refractivity (Wildman–Crippen MR) is 88.2 cm³/mol. The third-order valence-electron chi connectivity index (χ3n) is 2.74. The van der Waals surface area contributed by atoms with Gasteiger partial charge in [-0.2, -0.15) is 13.2 Å². The van der Waals surface area contributed by atoms with Gasteiger partial charge in [0.1, 0.15) is 0 Å². The molecule has 0 radical (unpaired) electrons. The first-order chi connectivity index (χ1) is 10.7. The lowest BCUT2D eigenvalue weighted by atomic mass is 10.1. The number of nitrogens with zero attached hydrogens (tertiary/aromatic N) is 2. The molecule has 2 rings (SSSR count). The van der Waals surface area contributed by atoms with Crippen molar-refractivity contribution in [3.8, 4) is 0 Å². The van der Waals surface area contributed by atoms with Crippen LogP contribution in [0, 0.1) is 0 Å². The molecule has 1 aromatic heterocycles. The lowest BCUT2D eigenvalue weighted by Gasteiger charge is -2.20. The fourth-order valence-electron chi connectivity index (χ4n) is 1.80. The van der Waals surface area contributed by atoms with Gasteiger partial charge in [0.2, 0.25) is 0 Å². The van der Waals surface area contributed by atoms with Crippen LogP contribution in [-0.4, -0.2) is 25.1 Å². The van der Waals surface area contributed by atoms with Crippen molar-refractivity contribution in [1.82, 2.24) is 4.98 Å². The summed E-state index contributed by atoms with van der Waals surface area (Å²) in [6.45, 7) is 0. The Hall–Kier alpha value is -1.81. The van der Waals surface area contributed by atoms with Crippen LogP contribution >= 0.6 is 27.3 Å². The van der Waals surface area contributed by atoms with E-state index in [2.05, 4.69) is 31.5 Å². The van der Waals surface area contributed by atoms with Gasteiger partial charge in [0.25, 0.3) is 0 Å². The van der Waals surface area contributed by atoms with Gasteiger partial charge in [-0.15, -0.1) is 0 Å². The molecule has 0 atom stereocenters. The zero-order valence-electron chi connectivity index (χ0n) is 12.0. The number of carbonyl (C=O) groups is 1. The quantitative estimate of drug-likeness (QED) is 0.777. The first kappa shape index (κ1) is 17.5. The molecule has 0 unspecified atom stereocenters. The number of halogens is 4. The van der Waals surface area contributed by atoms with E-state index in [0.717, 1.165) is 9.85 Å². The molecule has 2 amide bonds. The molecule has 0 saturated heterocycles. The fraction of sp³-hybridized carbons (Fsp3) is 0.231. The Morgan fingerprint density at radius 3 is 2.52 bits per heavy atom. The van der Waals surface area contributed by atoms with Crippen molar-refractivity contribution in [2.24, 2.45) is 0 Å². The zero-order valence-corrected chi connectivity index (χ0v) is 14.4. The van der Waals surface area contributed by atoms with Gasteiger partial charge in [-0.1, -0.05) is 11.3 Å². The second-order valence-electron chi connectivity index (χ2n) is 4.67. The van der Waals surface area contributed by atoms with Gasteiger partial charge in [0, 0.05) is 25.5 Å². The van der Waals surface area contributed by atoms with Gasteiger partial charge in [0.05, 0.1) is 15.5 Å². The molecule has 0 aliphatic heterocycles. The summed E-state index contributed by atoms with van der Waals surface area (Å²) in [4.78, 5) is 17.1. The van der Waals surface area contributed by atoms with Gasteiger partial charge in [0.15, 0.2) is 5.13 Å². The second kappa shape index (κ2) is 6.75. The Morgan fingerprint density at radius 2 is 2.00 bits per heavy atom. The summed E-state index contributed by atoms with van der Waals surface area (Å²) < 4.78 is 40.0. The molecule has 124 valence electrons. The number of anilines is 3. The maximum absolute atomic E-state index is 13.1. The molecule has 0 saturated carbocycles. The Balaban J connectivity index is 2.18. The number of benzene rings is 1. The minimum Gasteiger partial charge on any atom is -0.377 e. The Labute approximate surface area is 142 Å². The number of aromatic nitrogens is 1. The van der Waals surface area contributed by atoms with Crippen LogP contribution in [0.5, 0.6) is 0 Å². The van der Waals surface area contributed by atoms with Crippen LogP contribution in [0.25, 0.3) is 0 Å². The normalized spacial score (nSPS) is 11.2. The summed E-state index contributed by atoms with van der Waals surface area (Å²) in [5, 5.41) is 5.13. The number of alkyl halides is 3. The highest BCUT2D eigenvalue weighted by molar-refractivity contribution is 9.11. The molecule has 2 N–H and O–H groups in total. The van der Waals surface area contributed by atoms with E-state index in [-0.39, 0.29) is 11.4 Å². The molecule has 0 aliphatic rings. The molecule has 0 aliphatic carbocycles. The first-order valence-corrected chi connectivity index (χ1v) is 7.85. The number of nitrogens with one attached hydrogen (secondary N) is 2. The number of hydrogen-bond donors (Lipinski definition) is 2. The third-order valence-corrected chi connectivity index (χ3v) is 4.13. The van der Waals surface area contributed by atoms with Crippen molar-refractivity contribution in [3.05, 3.63) is 33.7 Å². The van der Waals surface area contributed by atoms with Crippen molar-refractivity contribution in [3.63, 3.8) is 0 Å². The lowest BCUT2D eigenvalue weighted by molar-refractivity contribution is -0.137. The number of hydrogen-bond acceptors (Lipinski definition) is 4. The van der Waals surface area contributed by atoms with Crippen molar-refractivity contribution in [2.45, 2.75) is 6.18 Å². The summed E-state index contributed by atoms with van der Waals surface area (Å²) in [6, 6.07) is 2.94. The molecular formula is C13H12BrF3N4OS. The zero-order chi connectivity index (χ0) is 17.2. The summed E-state index contributed by atoms with van der Waals surface area (Å²) in [6.07, 6.45) is -3.01. The Kier molecular flexibility index (Phi) is 5.15. The molecule has 0 bridgehead atoms. The second-order valence-corrected chi connectivity index (χ2v) is 7.08. The van der Waals surface area contributed by atoms with E-state index >= 15 is 0 Å². The first-order valence-electron chi connectivity index (χ1n) is 6.24. The average molecular weight is 409 g/mol. The van der Waals surface area contributed by atoms with Crippen LogP contribution in [-0.2, 0) is 6.18 Å². The summed E-state index contributed by atoms with van der Waals surface area (Å²) in [5.41, 5.74) is -0.763. The minimum atomic E-state index is -4.52. The minimum absolute atomic E-state index is 0.0207. The number of thiazole rings is 1. The van der Waals surface area contributed by atoms with Crippen LogP contribution in [0.2, 0.25) is 0 Å². The number of amides is 2. The molecule has 0 spiro atoms. The third kappa shape index (κ3) is 4.58. The molecule has 2 aromatic rings. The molecule has 1 aromatic carbocycles. The van der Waals surface area contributed by atoms with Crippen LogP contribution in [0.1, 0.15) is 5.56 Å². The summed E-state index contributed by atoms with van der Waals surface area (Å²) >= 11 is 4.38. The van der Waals surface area contributed by atoms with Gasteiger partial charge in [-0.3, -0.25) is 5.32 Å². The molecule has 1 heterocycles. The van der Waals surface area contributed by atoms with Gasteiger partial charge in [-0.05, 0) is 34.1 Å². The summed E-state index contributed by atoms with van der Waals surface area (Å²) in [5.74, 6) is 0. The molecule has 5 nitrogen and oxygen atoms in total. The standard InChI is InChI=1S/C13H12BrF3N4OS/c1-21(2)9-4-3-7(5-8(9)13(15,16)17)19-11(22)20-12-18-6-10(14)23-12/h3-6H,1-2H3,(H2,18,19,20,22).